The van der Waals surface area contributed by atoms with Gasteiger partial charge in [0.1, 0.15) is 30.2 Å². The molecule has 1 aliphatic rings. The van der Waals surface area contributed by atoms with Crippen molar-refractivity contribution in [2.75, 3.05) is 13.7 Å². The minimum Gasteiger partial charge on any atom is -0.497 e. The topological polar surface area (TPSA) is 129 Å². The average Bonchev–Trinajstić information content (AvgIpc) is 3.03. The van der Waals surface area contributed by atoms with Crippen molar-refractivity contribution in [3.05, 3.63) is 42.5 Å². The lowest BCUT2D eigenvalue weighted by atomic mass is 9.86. The highest BCUT2D eigenvalue weighted by Crippen LogP contribution is 2.29. The molecule has 0 aliphatic carbocycles. The molecule has 8 nitrogen and oxygen atoms in total. The van der Waals surface area contributed by atoms with Crippen molar-refractivity contribution in [2.24, 2.45) is 5.92 Å². The summed E-state index contributed by atoms with van der Waals surface area (Å²) in [5.41, 5.74) is 0.990. The predicted molar refractivity (Wildman–Crippen MR) is 170 cm³/mol. The van der Waals surface area contributed by atoms with Crippen molar-refractivity contribution in [2.45, 2.75) is 153 Å². The van der Waals surface area contributed by atoms with Crippen molar-refractivity contribution in [3.63, 3.8) is 0 Å². The van der Waals surface area contributed by atoms with E-state index in [2.05, 4.69) is 13.5 Å². The fourth-order valence-electron chi connectivity index (χ4n) is 5.94. The van der Waals surface area contributed by atoms with E-state index in [-0.39, 0.29) is 5.92 Å². The molecule has 0 spiro atoms. The molecule has 0 saturated carbocycles. The molecule has 8 atom stereocenters. The number of rotatable bonds is 24. The standard InChI is InChI=1S/C35H60O8/c1-4-6-7-8-9-10-11-12-13-14-15-16-17-29(42-25-26-18-21-28(41-3)22-19-26)32(37)27(5-2)20-23-30-33(38)35(40)34(39)31(24-36)43-30/h5,18-19,21-22,27,29-40H,2,4,6-17,20,23-25H2,1,3H3/t27-,29+,30+,31+,32-,33-,34-,35+/m0/s1. The van der Waals surface area contributed by atoms with Crippen LogP contribution in [0.15, 0.2) is 36.9 Å². The molecule has 1 saturated heterocycles. The summed E-state index contributed by atoms with van der Waals surface area (Å²) in [4.78, 5) is 0. The fourth-order valence-corrected chi connectivity index (χ4v) is 5.94. The van der Waals surface area contributed by atoms with Crippen LogP contribution in [0.2, 0.25) is 0 Å². The number of hydrogen-bond acceptors (Lipinski definition) is 8. The molecule has 8 heteroatoms. The monoisotopic (exact) mass is 608 g/mol. The van der Waals surface area contributed by atoms with Crippen LogP contribution in [0.1, 0.15) is 109 Å². The summed E-state index contributed by atoms with van der Waals surface area (Å²) in [5, 5.41) is 51.6. The summed E-state index contributed by atoms with van der Waals surface area (Å²) in [6.07, 6.45) is 11.3. The quantitative estimate of drug-likeness (QED) is 0.0774. The number of aliphatic hydroxyl groups excluding tert-OH is 5. The number of aliphatic hydroxyl groups is 5. The Morgan fingerprint density at radius 1 is 0.814 bits per heavy atom. The molecule has 2 rings (SSSR count). The Balaban J connectivity index is 1.87. The van der Waals surface area contributed by atoms with Gasteiger partial charge in [0.25, 0.3) is 0 Å². The highest BCUT2D eigenvalue weighted by Gasteiger charge is 2.43. The van der Waals surface area contributed by atoms with Crippen molar-refractivity contribution in [3.8, 4) is 5.75 Å². The van der Waals surface area contributed by atoms with Crippen molar-refractivity contribution < 1.29 is 39.7 Å². The van der Waals surface area contributed by atoms with Gasteiger partial charge in [0.05, 0.1) is 38.6 Å². The summed E-state index contributed by atoms with van der Waals surface area (Å²) >= 11 is 0. The molecule has 248 valence electrons. The molecule has 0 amide bonds. The normalized spacial score (nSPS) is 24.4. The van der Waals surface area contributed by atoms with E-state index in [1.54, 1.807) is 13.2 Å². The number of ether oxygens (including phenoxy) is 3. The number of methoxy groups -OCH3 is 1. The third kappa shape index (κ3) is 13.6. The zero-order valence-electron chi connectivity index (χ0n) is 26.7. The minimum atomic E-state index is -1.41. The lowest BCUT2D eigenvalue weighted by Gasteiger charge is -2.40. The van der Waals surface area contributed by atoms with Crippen LogP contribution >= 0.6 is 0 Å². The summed E-state index contributed by atoms with van der Waals surface area (Å²) in [5.74, 6) is 0.447. The molecule has 1 heterocycles. The Bertz CT molecular complexity index is 832. The maximum absolute atomic E-state index is 11.4. The Kier molecular flexibility index (Phi) is 19.3. The molecule has 0 aromatic heterocycles. The van der Waals surface area contributed by atoms with E-state index in [0.29, 0.717) is 19.4 Å². The van der Waals surface area contributed by atoms with Gasteiger partial charge in [-0.3, -0.25) is 0 Å². The zero-order chi connectivity index (χ0) is 31.5. The zero-order valence-corrected chi connectivity index (χ0v) is 26.7. The molecule has 1 aromatic rings. The second-order valence-electron chi connectivity index (χ2n) is 12.2. The summed E-state index contributed by atoms with van der Waals surface area (Å²) < 4.78 is 17.2. The molecule has 1 aromatic carbocycles. The van der Waals surface area contributed by atoms with Crippen LogP contribution in [0.4, 0.5) is 0 Å². The summed E-state index contributed by atoms with van der Waals surface area (Å²) in [7, 11) is 1.63. The van der Waals surface area contributed by atoms with Gasteiger partial charge in [-0.15, -0.1) is 6.58 Å². The van der Waals surface area contributed by atoms with Crippen molar-refractivity contribution >= 4 is 0 Å². The molecule has 0 radical (unpaired) electrons. The van der Waals surface area contributed by atoms with Gasteiger partial charge in [0.2, 0.25) is 0 Å². The first-order chi connectivity index (χ1) is 20.9. The molecule has 5 N–H and O–H groups in total. The lowest BCUT2D eigenvalue weighted by Crippen LogP contribution is -2.58. The Morgan fingerprint density at radius 3 is 1.91 bits per heavy atom. The van der Waals surface area contributed by atoms with Crippen molar-refractivity contribution in [1.29, 1.82) is 0 Å². The van der Waals surface area contributed by atoms with Gasteiger partial charge in [-0.25, -0.2) is 0 Å². The highest BCUT2D eigenvalue weighted by atomic mass is 16.5. The summed E-state index contributed by atoms with van der Waals surface area (Å²) in [6, 6.07) is 7.69. The van der Waals surface area contributed by atoms with Gasteiger partial charge < -0.3 is 39.7 Å². The van der Waals surface area contributed by atoms with Gasteiger partial charge in [-0.2, -0.15) is 0 Å². The first kappa shape index (κ1) is 37.7. The third-order valence-electron chi connectivity index (χ3n) is 8.86. The van der Waals surface area contributed by atoms with Crippen LogP contribution < -0.4 is 4.74 Å². The van der Waals surface area contributed by atoms with Gasteiger partial charge in [-0.1, -0.05) is 102 Å². The van der Waals surface area contributed by atoms with Gasteiger partial charge >= 0.3 is 0 Å². The molecular formula is C35H60O8. The van der Waals surface area contributed by atoms with Gasteiger partial charge in [0.15, 0.2) is 0 Å². The predicted octanol–water partition coefficient (Wildman–Crippen LogP) is 5.46. The van der Waals surface area contributed by atoms with E-state index < -0.39 is 49.3 Å². The molecule has 43 heavy (non-hydrogen) atoms. The van der Waals surface area contributed by atoms with Crippen LogP contribution in [0.5, 0.6) is 5.75 Å². The highest BCUT2D eigenvalue weighted by molar-refractivity contribution is 5.26. The Morgan fingerprint density at radius 2 is 1.37 bits per heavy atom. The van der Waals surface area contributed by atoms with Crippen LogP contribution in [-0.4, -0.2) is 82.0 Å². The average molecular weight is 609 g/mol. The number of unbranched alkanes of at least 4 members (excludes halogenated alkanes) is 11. The van der Waals surface area contributed by atoms with Crippen molar-refractivity contribution in [1.82, 2.24) is 0 Å². The third-order valence-corrected chi connectivity index (χ3v) is 8.86. The van der Waals surface area contributed by atoms with E-state index in [9.17, 15) is 25.5 Å². The second kappa shape index (κ2) is 22.1. The van der Waals surface area contributed by atoms with E-state index >= 15 is 0 Å². The van der Waals surface area contributed by atoms with E-state index in [1.807, 2.05) is 24.3 Å². The fraction of sp³-hybridized carbons (Fsp3) is 0.771. The Labute approximate surface area is 260 Å². The maximum Gasteiger partial charge on any atom is 0.118 e. The van der Waals surface area contributed by atoms with E-state index in [4.69, 9.17) is 14.2 Å². The molecule has 0 unspecified atom stereocenters. The number of hydrogen-bond donors (Lipinski definition) is 5. The van der Waals surface area contributed by atoms with Crippen LogP contribution in [0.3, 0.4) is 0 Å². The first-order valence-electron chi connectivity index (χ1n) is 16.7. The van der Waals surface area contributed by atoms with Gasteiger partial charge in [-0.05, 0) is 37.0 Å². The summed E-state index contributed by atoms with van der Waals surface area (Å²) in [6.45, 7) is 6.10. The Hall–Kier alpha value is -1.52. The first-order valence-corrected chi connectivity index (χ1v) is 16.7. The van der Waals surface area contributed by atoms with E-state index in [0.717, 1.165) is 30.6 Å². The minimum absolute atomic E-state index is 0.318. The molecule has 1 fully saturated rings. The molecular weight excluding hydrogens is 548 g/mol. The SMILES string of the molecule is C=C[C@@H](CC[C@H]1O[C@H](CO)[C@H](O)[C@H](O)[C@H]1O)[C@H](O)[C@@H](CCCCCCCCCCCCCC)OCc1ccc(OC)cc1. The number of benzene rings is 1. The van der Waals surface area contributed by atoms with E-state index in [1.165, 1.54) is 64.2 Å². The lowest BCUT2D eigenvalue weighted by molar-refractivity contribution is -0.231. The smallest absolute Gasteiger partial charge is 0.118 e. The molecule has 1 aliphatic heterocycles. The van der Waals surface area contributed by atoms with Crippen LogP contribution in [0, 0.1) is 5.92 Å². The largest absolute Gasteiger partial charge is 0.497 e. The van der Waals surface area contributed by atoms with Crippen LogP contribution in [-0.2, 0) is 16.1 Å². The van der Waals surface area contributed by atoms with Gasteiger partial charge in [0, 0.05) is 5.92 Å². The maximum atomic E-state index is 11.4. The second-order valence-corrected chi connectivity index (χ2v) is 12.2. The molecule has 0 bridgehead atoms. The van der Waals surface area contributed by atoms with Crippen LogP contribution in [0.25, 0.3) is 0 Å².